The molecular formula is C20H22N6O. The summed E-state index contributed by atoms with van der Waals surface area (Å²) in [6.07, 6.45) is 4.51. The number of nitrogens with zero attached hydrogens (tertiary/aromatic N) is 5. The third kappa shape index (κ3) is 2.74. The Hall–Kier alpha value is -2.96. The highest BCUT2D eigenvalue weighted by Gasteiger charge is 2.27. The molecule has 7 nitrogen and oxygen atoms in total. The molecule has 4 heterocycles. The van der Waals surface area contributed by atoms with Crippen molar-refractivity contribution in [2.24, 2.45) is 0 Å². The van der Waals surface area contributed by atoms with E-state index >= 15 is 0 Å². The third-order valence-corrected chi connectivity index (χ3v) is 5.36. The summed E-state index contributed by atoms with van der Waals surface area (Å²) in [4.78, 5) is 24.1. The highest BCUT2D eigenvalue weighted by Crippen LogP contribution is 2.32. The average Bonchev–Trinajstić information content (AvgIpc) is 3.32. The van der Waals surface area contributed by atoms with E-state index < -0.39 is 0 Å². The lowest BCUT2D eigenvalue weighted by molar-refractivity contribution is 0.493. The SMILES string of the molecule is CCc1nc2c(N3CCCC(c4nc5c(C)cccc5[nH]4)C3)ncnc2o1. The summed E-state index contributed by atoms with van der Waals surface area (Å²) in [5, 5.41) is 0. The smallest absolute Gasteiger partial charge is 0.252 e. The minimum Gasteiger partial charge on any atom is -0.422 e. The zero-order valence-electron chi connectivity index (χ0n) is 15.6. The van der Waals surface area contributed by atoms with Gasteiger partial charge in [0.15, 0.2) is 17.2 Å². The number of aryl methyl sites for hydroxylation is 2. The molecule has 0 saturated carbocycles. The Bertz CT molecular complexity index is 1110. The van der Waals surface area contributed by atoms with Crippen LogP contribution in [0.25, 0.3) is 22.3 Å². The summed E-state index contributed by atoms with van der Waals surface area (Å²) in [6, 6.07) is 6.27. The van der Waals surface area contributed by atoms with Crippen molar-refractivity contribution >= 4 is 28.1 Å². The normalized spacial score (nSPS) is 17.9. The minimum atomic E-state index is 0.341. The molecule has 4 aromatic rings. The first-order chi connectivity index (χ1) is 13.2. The molecule has 1 atom stereocenters. The Kier molecular flexibility index (Phi) is 3.81. The van der Waals surface area contributed by atoms with Crippen LogP contribution in [0.5, 0.6) is 0 Å². The van der Waals surface area contributed by atoms with Crippen molar-refractivity contribution in [3.05, 3.63) is 41.8 Å². The highest BCUT2D eigenvalue weighted by molar-refractivity contribution is 5.82. The van der Waals surface area contributed by atoms with E-state index in [1.54, 1.807) is 6.33 Å². The molecule has 0 amide bonds. The monoisotopic (exact) mass is 362 g/mol. The molecule has 3 aromatic heterocycles. The van der Waals surface area contributed by atoms with Crippen LogP contribution < -0.4 is 4.90 Å². The number of hydrogen-bond acceptors (Lipinski definition) is 6. The number of rotatable bonds is 3. The van der Waals surface area contributed by atoms with Crippen LogP contribution in [0.3, 0.4) is 0 Å². The molecule has 0 spiro atoms. The first kappa shape index (κ1) is 16.2. The highest BCUT2D eigenvalue weighted by atomic mass is 16.4. The van der Waals surface area contributed by atoms with Crippen LogP contribution in [0.1, 0.15) is 43.0 Å². The van der Waals surface area contributed by atoms with Gasteiger partial charge in [0.1, 0.15) is 12.2 Å². The number of fused-ring (bicyclic) bond motifs is 2. The molecule has 1 N–H and O–H groups in total. The largest absolute Gasteiger partial charge is 0.422 e. The number of H-pyrrole nitrogens is 1. The summed E-state index contributed by atoms with van der Waals surface area (Å²) in [7, 11) is 0. The fourth-order valence-corrected chi connectivity index (χ4v) is 3.95. The van der Waals surface area contributed by atoms with Gasteiger partial charge >= 0.3 is 0 Å². The van der Waals surface area contributed by atoms with E-state index in [9.17, 15) is 0 Å². The maximum absolute atomic E-state index is 5.71. The quantitative estimate of drug-likeness (QED) is 0.597. The predicted octanol–water partition coefficient (Wildman–Crippen LogP) is 3.75. The van der Waals surface area contributed by atoms with Gasteiger partial charge in [0.2, 0.25) is 0 Å². The fraction of sp³-hybridized carbons (Fsp3) is 0.400. The zero-order valence-corrected chi connectivity index (χ0v) is 15.6. The molecule has 1 saturated heterocycles. The van der Waals surface area contributed by atoms with E-state index in [-0.39, 0.29) is 0 Å². The zero-order chi connectivity index (χ0) is 18.4. The van der Waals surface area contributed by atoms with Gasteiger partial charge < -0.3 is 14.3 Å². The van der Waals surface area contributed by atoms with Gasteiger partial charge in [-0.05, 0) is 31.4 Å². The molecular weight excluding hydrogens is 340 g/mol. The molecule has 0 radical (unpaired) electrons. The van der Waals surface area contributed by atoms with Crippen LogP contribution in [0.15, 0.2) is 28.9 Å². The molecule has 1 aromatic carbocycles. The molecule has 5 rings (SSSR count). The lowest BCUT2D eigenvalue weighted by Gasteiger charge is -2.32. The van der Waals surface area contributed by atoms with E-state index in [1.165, 1.54) is 5.56 Å². The summed E-state index contributed by atoms with van der Waals surface area (Å²) >= 11 is 0. The first-order valence-electron chi connectivity index (χ1n) is 9.53. The molecule has 1 aliphatic rings. The van der Waals surface area contributed by atoms with Crippen molar-refractivity contribution in [2.45, 2.75) is 39.0 Å². The number of benzene rings is 1. The Balaban J connectivity index is 1.49. The number of oxazole rings is 1. The number of para-hydroxylation sites is 1. The standard InChI is InChI=1S/C20H22N6O/c1-3-15-24-17-19(21-11-22-20(17)27-15)26-9-5-7-13(10-26)18-23-14-8-4-6-12(2)16(14)25-18/h4,6,8,11,13H,3,5,7,9-10H2,1-2H3,(H,23,25). The summed E-state index contributed by atoms with van der Waals surface area (Å²) in [5.41, 5.74) is 4.71. The van der Waals surface area contributed by atoms with E-state index in [0.29, 0.717) is 17.5 Å². The maximum atomic E-state index is 5.71. The van der Waals surface area contributed by atoms with Crippen molar-refractivity contribution in [2.75, 3.05) is 18.0 Å². The number of anilines is 1. The Morgan fingerprint density at radius 2 is 2.15 bits per heavy atom. The maximum Gasteiger partial charge on any atom is 0.252 e. The van der Waals surface area contributed by atoms with Crippen LogP contribution in [0.4, 0.5) is 5.82 Å². The second-order valence-corrected chi connectivity index (χ2v) is 7.19. The number of nitrogens with one attached hydrogen (secondary N) is 1. The summed E-state index contributed by atoms with van der Waals surface area (Å²) in [5.74, 6) is 2.96. The van der Waals surface area contributed by atoms with Crippen LogP contribution in [-0.4, -0.2) is 38.0 Å². The lowest BCUT2D eigenvalue weighted by atomic mass is 9.97. The number of hydrogen-bond donors (Lipinski definition) is 1. The van der Waals surface area contributed by atoms with Crippen molar-refractivity contribution in [1.29, 1.82) is 0 Å². The molecule has 138 valence electrons. The van der Waals surface area contributed by atoms with Gasteiger partial charge in [0, 0.05) is 25.4 Å². The Labute approximate surface area is 156 Å². The molecule has 27 heavy (non-hydrogen) atoms. The van der Waals surface area contributed by atoms with Gasteiger partial charge in [0.05, 0.1) is 11.0 Å². The van der Waals surface area contributed by atoms with E-state index in [4.69, 9.17) is 9.40 Å². The molecule has 1 fully saturated rings. The molecule has 1 aliphatic heterocycles. The van der Waals surface area contributed by atoms with Crippen LogP contribution in [-0.2, 0) is 6.42 Å². The fourth-order valence-electron chi connectivity index (χ4n) is 3.95. The van der Waals surface area contributed by atoms with E-state index in [2.05, 4.69) is 50.0 Å². The van der Waals surface area contributed by atoms with E-state index in [0.717, 1.165) is 60.5 Å². The predicted molar refractivity (Wildman–Crippen MR) is 104 cm³/mol. The number of piperidine rings is 1. The van der Waals surface area contributed by atoms with Crippen LogP contribution >= 0.6 is 0 Å². The molecule has 0 aliphatic carbocycles. The van der Waals surface area contributed by atoms with Gasteiger partial charge in [0.25, 0.3) is 5.71 Å². The van der Waals surface area contributed by atoms with E-state index in [1.807, 2.05) is 6.92 Å². The van der Waals surface area contributed by atoms with Gasteiger partial charge in [-0.15, -0.1) is 0 Å². The van der Waals surface area contributed by atoms with Crippen molar-refractivity contribution in [3.63, 3.8) is 0 Å². The Morgan fingerprint density at radius 3 is 3.00 bits per heavy atom. The second-order valence-electron chi connectivity index (χ2n) is 7.19. The number of aromatic nitrogens is 5. The molecule has 0 bridgehead atoms. The van der Waals surface area contributed by atoms with Gasteiger partial charge in [-0.25, -0.2) is 15.0 Å². The number of aromatic amines is 1. The minimum absolute atomic E-state index is 0.341. The third-order valence-electron chi connectivity index (χ3n) is 5.36. The summed E-state index contributed by atoms with van der Waals surface area (Å²) < 4.78 is 5.71. The molecule has 1 unspecified atom stereocenters. The lowest BCUT2D eigenvalue weighted by Crippen LogP contribution is -2.35. The van der Waals surface area contributed by atoms with Crippen molar-refractivity contribution in [1.82, 2.24) is 24.9 Å². The van der Waals surface area contributed by atoms with Crippen LogP contribution in [0.2, 0.25) is 0 Å². The van der Waals surface area contributed by atoms with Gasteiger partial charge in [-0.3, -0.25) is 0 Å². The summed E-state index contributed by atoms with van der Waals surface area (Å²) in [6.45, 7) is 5.95. The second kappa shape index (κ2) is 6.33. The molecule has 7 heteroatoms. The van der Waals surface area contributed by atoms with Crippen molar-refractivity contribution in [3.8, 4) is 0 Å². The first-order valence-corrected chi connectivity index (χ1v) is 9.53. The van der Waals surface area contributed by atoms with Crippen molar-refractivity contribution < 1.29 is 4.42 Å². The van der Waals surface area contributed by atoms with Gasteiger partial charge in [-0.2, -0.15) is 4.98 Å². The topological polar surface area (TPSA) is 83.7 Å². The van der Waals surface area contributed by atoms with Crippen LogP contribution in [0, 0.1) is 6.92 Å². The average molecular weight is 362 g/mol. The Morgan fingerprint density at radius 1 is 1.22 bits per heavy atom. The number of imidazole rings is 1. The van der Waals surface area contributed by atoms with Gasteiger partial charge in [-0.1, -0.05) is 19.1 Å².